The molecule has 0 radical (unpaired) electrons. The van der Waals surface area contributed by atoms with E-state index < -0.39 is 53.0 Å². The predicted octanol–water partition coefficient (Wildman–Crippen LogP) is 8.25. The van der Waals surface area contributed by atoms with E-state index in [9.17, 15) is 25.9 Å². The second-order valence-corrected chi connectivity index (χ2v) is 13.3. The van der Waals surface area contributed by atoms with Crippen molar-refractivity contribution in [2.45, 2.75) is 9.79 Å². The van der Waals surface area contributed by atoms with E-state index in [0.717, 1.165) is 12.1 Å². The number of benzene rings is 6. The molecule has 6 aromatic rings. The molecule has 6 rings (SSSR count). The number of rotatable bonds is 7. The Balaban J connectivity index is 1.56. The highest BCUT2D eigenvalue weighted by Gasteiger charge is 2.30. The summed E-state index contributed by atoms with van der Waals surface area (Å²) in [4.78, 5) is -1.72. The maximum Gasteiger partial charge on any atom is 0.297 e. The highest BCUT2D eigenvalue weighted by molar-refractivity contribution is 7.86. The average molecular weight is 689 g/mol. The molecule has 0 bridgehead atoms. The Morgan fingerprint density at radius 2 is 0.896 bits per heavy atom. The number of fused-ring (bicyclic) bond motifs is 2. The Kier molecular flexibility index (Phi) is 7.75. The number of nitrogens with one attached hydrogen (secondary N) is 2. The maximum atomic E-state index is 16.0. The number of nitrogens with two attached hydrogens (primary N) is 2. The number of hydrogen-bond donors (Lipinski definition) is 6. The minimum Gasteiger partial charge on any atom is -0.396 e. The zero-order valence-corrected chi connectivity index (χ0v) is 25.9. The Morgan fingerprint density at radius 1 is 0.562 bits per heavy atom. The van der Waals surface area contributed by atoms with Crippen molar-refractivity contribution in [2.75, 3.05) is 11.5 Å². The van der Waals surface area contributed by atoms with Crippen molar-refractivity contribution >= 4 is 64.5 Å². The predicted molar refractivity (Wildman–Crippen MR) is 176 cm³/mol. The van der Waals surface area contributed by atoms with Crippen molar-refractivity contribution in [3.63, 3.8) is 0 Å². The first kappa shape index (κ1) is 32.3. The van der Waals surface area contributed by atoms with Gasteiger partial charge in [-0.25, -0.2) is 19.8 Å². The molecule has 0 spiro atoms. The lowest BCUT2D eigenvalue weighted by atomic mass is 9.92. The first-order chi connectivity index (χ1) is 22.7. The summed E-state index contributed by atoms with van der Waals surface area (Å²) in [5, 5.41) is 7.25. The summed E-state index contributed by atoms with van der Waals surface area (Å²) in [6.45, 7) is 0. The smallest absolute Gasteiger partial charge is 0.297 e. The molecule has 0 fully saturated rings. The van der Waals surface area contributed by atoms with Gasteiger partial charge in [-0.15, -0.1) is 0 Å². The molecule has 0 aromatic heterocycles. The molecule has 0 aliphatic carbocycles. The summed E-state index contributed by atoms with van der Waals surface area (Å²) in [6.07, 6.45) is 0. The molecule has 12 nitrogen and oxygen atoms in total. The van der Waals surface area contributed by atoms with Gasteiger partial charge in [0.05, 0.1) is 11.4 Å². The van der Waals surface area contributed by atoms with Gasteiger partial charge in [0, 0.05) is 33.0 Å². The molecule has 0 aliphatic rings. The van der Waals surface area contributed by atoms with Crippen LogP contribution in [0.4, 0.5) is 31.5 Å². The summed E-state index contributed by atoms with van der Waals surface area (Å²) >= 11 is 0. The van der Waals surface area contributed by atoms with Crippen molar-refractivity contribution < 1.29 is 34.7 Å². The van der Waals surface area contributed by atoms with Crippen molar-refractivity contribution in [3.8, 4) is 33.4 Å². The van der Waals surface area contributed by atoms with Gasteiger partial charge in [0.15, 0.2) is 0 Å². The Labute approximate surface area is 271 Å². The van der Waals surface area contributed by atoms with E-state index in [1.165, 1.54) is 48.5 Å². The molecule has 8 N–H and O–H groups in total. The topological polar surface area (TPSA) is 233 Å². The lowest BCUT2D eigenvalue weighted by molar-refractivity contribution is 0.481. The molecular weight excluding hydrogens is 667 g/mol. The lowest BCUT2D eigenvalue weighted by Crippen LogP contribution is -2.06. The van der Waals surface area contributed by atoms with Crippen molar-refractivity contribution in [2.24, 2.45) is 10.2 Å². The highest BCUT2D eigenvalue weighted by atomic mass is 32.2. The van der Waals surface area contributed by atoms with Gasteiger partial charge in [-0.2, -0.15) is 27.1 Å². The second kappa shape index (κ2) is 11.5. The summed E-state index contributed by atoms with van der Waals surface area (Å²) < 4.78 is 102. The van der Waals surface area contributed by atoms with Gasteiger partial charge < -0.3 is 11.5 Å². The van der Waals surface area contributed by atoms with E-state index in [1.54, 1.807) is 24.3 Å². The monoisotopic (exact) mass is 688 g/mol. The van der Waals surface area contributed by atoms with Crippen LogP contribution < -0.4 is 11.5 Å². The fraction of sp³-hybridized carbons (Fsp3) is 0. The highest BCUT2D eigenvalue weighted by Crippen LogP contribution is 2.48. The number of nitrogen functional groups attached to an aromatic ring is 2. The van der Waals surface area contributed by atoms with Crippen LogP contribution in [0.15, 0.2) is 105 Å². The molecule has 6 aromatic carbocycles. The molecule has 0 atom stereocenters. The first-order valence-electron chi connectivity index (χ1n) is 13.7. The minimum atomic E-state index is -5.09. The third-order valence-corrected chi connectivity index (χ3v) is 9.74. The quantitative estimate of drug-likeness (QED) is 0.0541. The Bertz CT molecular complexity index is 2430. The molecule has 16 heteroatoms. The van der Waals surface area contributed by atoms with E-state index in [1.807, 2.05) is 0 Å². The normalized spacial score (nSPS) is 12.0. The zero-order chi connectivity index (χ0) is 34.7. The van der Waals surface area contributed by atoms with Crippen LogP contribution in [0, 0.1) is 22.7 Å². The van der Waals surface area contributed by atoms with Gasteiger partial charge in [-0.3, -0.25) is 9.11 Å². The van der Waals surface area contributed by atoms with Gasteiger partial charge in [-0.1, -0.05) is 72.8 Å². The van der Waals surface area contributed by atoms with Crippen LogP contribution in [0.5, 0.6) is 0 Å². The molecule has 242 valence electrons. The third-order valence-electron chi connectivity index (χ3n) is 7.92. The van der Waals surface area contributed by atoms with Gasteiger partial charge in [-0.05, 0) is 34.0 Å². The maximum absolute atomic E-state index is 16.0. The van der Waals surface area contributed by atoms with Crippen LogP contribution in [0.1, 0.15) is 0 Å². The minimum absolute atomic E-state index is 0.124. The van der Waals surface area contributed by atoms with Gasteiger partial charge >= 0.3 is 0 Å². The van der Waals surface area contributed by atoms with Crippen LogP contribution >= 0.6 is 0 Å². The summed E-state index contributed by atoms with van der Waals surface area (Å²) in [5.74, 6) is -1.96. The van der Waals surface area contributed by atoms with Crippen molar-refractivity contribution in [1.82, 2.24) is 0 Å². The lowest BCUT2D eigenvalue weighted by Gasteiger charge is -2.18. The summed E-state index contributed by atoms with van der Waals surface area (Å²) in [6, 6.07) is 19.4. The van der Waals surface area contributed by atoms with Crippen molar-refractivity contribution in [3.05, 3.63) is 96.6 Å². The van der Waals surface area contributed by atoms with Crippen LogP contribution in [-0.4, -0.2) is 25.9 Å². The van der Waals surface area contributed by atoms with Gasteiger partial charge in [0.25, 0.3) is 20.2 Å². The van der Waals surface area contributed by atoms with Crippen LogP contribution in [0.25, 0.3) is 54.9 Å². The first-order valence-corrected chi connectivity index (χ1v) is 16.6. The molecule has 0 amide bonds. The van der Waals surface area contributed by atoms with Crippen molar-refractivity contribution in [1.29, 1.82) is 11.1 Å². The molecule has 0 heterocycles. The number of anilines is 2. The van der Waals surface area contributed by atoms with Gasteiger partial charge in [0.2, 0.25) is 0 Å². The van der Waals surface area contributed by atoms with E-state index in [0.29, 0.717) is 0 Å². The fourth-order valence-corrected chi connectivity index (χ4v) is 7.66. The van der Waals surface area contributed by atoms with E-state index in [4.69, 9.17) is 22.5 Å². The molecule has 0 saturated heterocycles. The number of hydrogen-bond acceptors (Lipinski definition) is 10. The van der Waals surface area contributed by atoms with E-state index in [-0.39, 0.29) is 66.3 Å². The Morgan fingerprint density at radius 3 is 1.19 bits per heavy atom. The summed E-state index contributed by atoms with van der Waals surface area (Å²) in [7, 11) is -10.2. The molecule has 0 unspecified atom stereocenters. The standard InChI is InChI=1S/C32H22F2N6O6S2/c33-23-13-15(9-11-21(23)25-17-5-1-3-7-19(17)27(35)29(39-37)31(25)47(41,42)43)16-10-12-22(24(34)14-16)26-18-6-2-4-8-20(18)28(36)30(40-38)32(26)48(44,45)46/h1-14,37-38H,35-36H2,(H,41,42,43)(H,44,45,46). The third kappa shape index (κ3) is 5.12. The SMILES string of the molecule is N=Nc1c(S(=O)(=O)O)c(-c2ccc(-c3ccc(-c4c(S(=O)(=O)O)c(N=N)c(N)c5ccccc45)c(F)c3)cc2F)c2ccccc2c1N. The van der Waals surface area contributed by atoms with E-state index in [2.05, 4.69) is 10.2 Å². The van der Waals surface area contributed by atoms with Crippen LogP contribution in [0.3, 0.4) is 0 Å². The average Bonchev–Trinajstić information content (AvgIpc) is 3.04. The molecule has 48 heavy (non-hydrogen) atoms. The molecule has 0 saturated carbocycles. The second-order valence-electron chi connectivity index (χ2n) is 10.6. The zero-order valence-electron chi connectivity index (χ0n) is 24.2. The summed E-state index contributed by atoms with van der Waals surface area (Å²) in [5.41, 5.74) is 24.8. The number of halogens is 2. The molecule has 0 aliphatic heterocycles. The van der Waals surface area contributed by atoms with Gasteiger partial charge in [0.1, 0.15) is 32.8 Å². The van der Waals surface area contributed by atoms with Crippen LogP contribution in [-0.2, 0) is 20.2 Å². The largest absolute Gasteiger partial charge is 0.396 e. The van der Waals surface area contributed by atoms with E-state index >= 15 is 8.78 Å². The van der Waals surface area contributed by atoms with Crippen LogP contribution in [0.2, 0.25) is 0 Å². The fourth-order valence-electron chi connectivity index (χ4n) is 5.91. The molecular formula is C32H22F2N6O6S2. The number of nitrogens with zero attached hydrogens (tertiary/aromatic N) is 2. The Hall–Kier alpha value is -5.68.